The van der Waals surface area contributed by atoms with E-state index in [1.165, 1.54) is 0 Å². The van der Waals surface area contributed by atoms with E-state index in [0.29, 0.717) is 41.0 Å². The number of piperidine rings is 1. The van der Waals surface area contributed by atoms with E-state index in [1.54, 1.807) is 23.4 Å². The molecule has 0 unspecified atom stereocenters. The summed E-state index contributed by atoms with van der Waals surface area (Å²) in [6.45, 7) is 7.71. The smallest absolute Gasteiger partial charge is 0.410 e. The quantitative estimate of drug-likeness (QED) is 0.821. The maximum Gasteiger partial charge on any atom is 0.410 e. The van der Waals surface area contributed by atoms with Gasteiger partial charge in [0.1, 0.15) is 16.3 Å². The van der Waals surface area contributed by atoms with Gasteiger partial charge in [-0.2, -0.15) is 0 Å². The molecule has 0 radical (unpaired) electrons. The van der Waals surface area contributed by atoms with E-state index in [2.05, 4.69) is 20.3 Å². The first kappa shape index (κ1) is 18.6. The van der Waals surface area contributed by atoms with Crippen molar-refractivity contribution in [2.24, 2.45) is 5.92 Å². The van der Waals surface area contributed by atoms with Gasteiger partial charge in [-0.15, -0.1) is 0 Å². The summed E-state index contributed by atoms with van der Waals surface area (Å²) in [4.78, 5) is 27.0. The van der Waals surface area contributed by atoms with Crippen LogP contribution in [0.4, 0.5) is 10.6 Å². The molecule has 0 bridgehead atoms. The molecule has 7 nitrogen and oxygen atoms in total. The Morgan fingerprint density at radius 2 is 2.15 bits per heavy atom. The van der Waals surface area contributed by atoms with Gasteiger partial charge >= 0.3 is 6.09 Å². The number of pyridine rings is 1. The van der Waals surface area contributed by atoms with Crippen LogP contribution in [0.25, 0.3) is 11.0 Å². The third-order valence-electron chi connectivity index (χ3n) is 4.15. The fourth-order valence-corrected chi connectivity index (χ4v) is 3.22. The number of likely N-dealkylation sites (tertiary alicyclic amines) is 1. The van der Waals surface area contributed by atoms with Gasteiger partial charge in [0, 0.05) is 38.1 Å². The molecule has 1 fully saturated rings. The first-order chi connectivity index (χ1) is 12.3. The number of hydrogen-bond acceptors (Lipinski definition) is 6. The average molecular weight is 378 g/mol. The van der Waals surface area contributed by atoms with Gasteiger partial charge in [0.2, 0.25) is 0 Å². The second kappa shape index (κ2) is 7.61. The summed E-state index contributed by atoms with van der Waals surface area (Å²) < 4.78 is 5.48. The average Bonchev–Trinajstić information content (AvgIpc) is 2.58. The Balaban J connectivity index is 1.64. The molecule has 1 amide bonds. The van der Waals surface area contributed by atoms with E-state index in [0.717, 1.165) is 19.4 Å². The Kier molecular flexibility index (Phi) is 5.46. The van der Waals surface area contributed by atoms with Crippen molar-refractivity contribution in [1.29, 1.82) is 0 Å². The molecule has 2 aromatic rings. The van der Waals surface area contributed by atoms with Crippen LogP contribution in [0.15, 0.2) is 18.5 Å². The predicted molar refractivity (Wildman–Crippen MR) is 101 cm³/mol. The van der Waals surface area contributed by atoms with E-state index >= 15 is 0 Å². The van der Waals surface area contributed by atoms with Crippen LogP contribution < -0.4 is 5.32 Å². The first-order valence-electron chi connectivity index (χ1n) is 8.81. The van der Waals surface area contributed by atoms with Crippen LogP contribution in [-0.4, -0.2) is 51.2 Å². The SMILES string of the molecule is CC(C)(C)OC(=O)N1CCC[C@H](CNc2nc(Cl)cc3nccnc23)C1. The Morgan fingerprint density at radius 3 is 2.92 bits per heavy atom. The van der Waals surface area contributed by atoms with Gasteiger partial charge in [-0.1, -0.05) is 11.6 Å². The molecule has 1 N–H and O–H groups in total. The second-order valence-electron chi connectivity index (χ2n) is 7.53. The zero-order chi connectivity index (χ0) is 18.7. The summed E-state index contributed by atoms with van der Waals surface area (Å²) in [5.74, 6) is 0.929. The summed E-state index contributed by atoms with van der Waals surface area (Å²) in [5, 5.41) is 3.70. The standard InChI is InChI=1S/C18H24ClN5O2/c1-18(2,3)26-17(25)24-8-4-5-12(11-24)10-22-16-15-13(9-14(19)23-16)20-6-7-21-15/h6-7,9,12H,4-5,8,10-11H2,1-3H3,(H,22,23)/t12-/m1/s1. The lowest BCUT2D eigenvalue weighted by molar-refractivity contribution is 0.0172. The third kappa shape index (κ3) is 4.72. The minimum atomic E-state index is -0.482. The second-order valence-corrected chi connectivity index (χ2v) is 7.92. The molecule has 8 heteroatoms. The van der Waals surface area contributed by atoms with Gasteiger partial charge in [-0.05, 0) is 39.5 Å². The van der Waals surface area contributed by atoms with Crippen LogP contribution in [-0.2, 0) is 4.74 Å². The number of nitrogens with one attached hydrogen (secondary N) is 1. The normalized spacial score (nSPS) is 18.0. The summed E-state index contributed by atoms with van der Waals surface area (Å²) in [5.41, 5.74) is 0.913. The lowest BCUT2D eigenvalue weighted by atomic mass is 9.98. The van der Waals surface area contributed by atoms with Gasteiger partial charge in [0.15, 0.2) is 5.82 Å². The van der Waals surface area contributed by atoms with Crippen LogP contribution in [0, 0.1) is 5.92 Å². The molecule has 0 saturated carbocycles. The molecule has 1 saturated heterocycles. The van der Waals surface area contributed by atoms with Crippen molar-refractivity contribution in [1.82, 2.24) is 19.9 Å². The van der Waals surface area contributed by atoms with Crippen LogP contribution in [0.3, 0.4) is 0 Å². The van der Waals surface area contributed by atoms with Crippen LogP contribution in [0.1, 0.15) is 33.6 Å². The molecule has 26 heavy (non-hydrogen) atoms. The Bertz CT molecular complexity index is 793. The number of carbonyl (C=O) groups is 1. The van der Waals surface area contributed by atoms with Crippen molar-refractivity contribution < 1.29 is 9.53 Å². The van der Waals surface area contributed by atoms with Crippen molar-refractivity contribution in [3.8, 4) is 0 Å². The van der Waals surface area contributed by atoms with E-state index in [-0.39, 0.29) is 6.09 Å². The monoisotopic (exact) mass is 377 g/mol. The van der Waals surface area contributed by atoms with Crippen molar-refractivity contribution in [3.05, 3.63) is 23.6 Å². The molecule has 3 heterocycles. The summed E-state index contributed by atoms with van der Waals surface area (Å²) >= 11 is 6.08. The molecule has 1 aliphatic heterocycles. The maximum atomic E-state index is 12.3. The van der Waals surface area contributed by atoms with Crippen LogP contribution in [0.5, 0.6) is 0 Å². The first-order valence-corrected chi connectivity index (χ1v) is 9.19. The number of halogens is 1. The Morgan fingerprint density at radius 1 is 1.38 bits per heavy atom. The van der Waals surface area contributed by atoms with E-state index in [9.17, 15) is 4.79 Å². The van der Waals surface area contributed by atoms with Gasteiger partial charge < -0.3 is 15.0 Å². The number of aromatic nitrogens is 3. The van der Waals surface area contributed by atoms with Crippen molar-refractivity contribution in [2.75, 3.05) is 25.0 Å². The number of amides is 1. The molecule has 0 aliphatic carbocycles. The Labute approximate surface area is 158 Å². The van der Waals surface area contributed by atoms with E-state index in [1.807, 2.05) is 20.8 Å². The van der Waals surface area contributed by atoms with Gasteiger partial charge in [0.05, 0.1) is 5.52 Å². The molecule has 0 spiro atoms. The summed E-state index contributed by atoms with van der Waals surface area (Å²) in [7, 11) is 0. The zero-order valence-corrected chi connectivity index (χ0v) is 16.1. The molecule has 3 rings (SSSR count). The topological polar surface area (TPSA) is 80.2 Å². The van der Waals surface area contributed by atoms with Crippen molar-refractivity contribution in [3.63, 3.8) is 0 Å². The highest BCUT2D eigenvalue weighted by Crippen LogP contribution is 2.23. The fraction of sp³-hybridized carbons (Fsp3) is 0.556. The molecule has 2 aromatic heterocycles. The summed E-state index contributed by atoms with van der Waals surface area (Å²) in [6, 6.07) is 1.69. The fourth-order valence-electron chi connectivity index (χ4n) is 3.03. The molecular weight excluding hydrogens is 354 g/mol. The van der Waals surface area contributed by atoms with Gasteiger partial charge in [-0.25, -0.2) is 14.8 Å². The number of carbonyl (C=O) groups excluding carboxylic acids is 1. The maximum absolute atomic E-state index is 12.3. The van der Waals surface area contributed by atoms with Gasteiger partial charge in [-0.3, -0.25) is 4.98 Å². The number of hydrogen-bond donors (Lipinski definition) is 1. The summed E-state index contributed by atoms with van der Waals surface area (Å²) in [6.07, 6.45) is 5.00. The number of nitrogens with zero attached hydrogens (tertiary/aromatic N) is 4. The molecule has 1 atom stereocenters. The van der Waals surface area contributed by atoms with Crippen molar-refractivity contribution >= 4 is 34.5 Å². The Hall–Kier alpha value is -2.15. The number of anilines is 1. The molecule has 1 aliphatic rings. The predicted octanol–water partition coefficient (Wildman–Crippen LogP) is 3.74. The number of rotatable bonds is 3. The van der Waals surface area contributed by atoms with Crippen LogP contribution >= 0.6 is 11.6 Å². The molecular formula is C18H24ClN5O2. The van der Waals surface area contributed by atoms with E-state index < -0.39 is 5.60 Å². The molecule has 140 valence electrons. The van der Waals surface area contributed by atoms with Crippen LogP contribution in [0.2, 0.25) is 5.15 Å². The highest BCUT2D eigenvalue weighted by atomic mass is 35.5. The third-order valence-corrected chi connectivity index (χ3v) is 4.35. The number of fused-ring (bicyclic) bond motifs is 1. The van der Waals surface area contributed by atoms with Crippen molar-refractivity contribution in [2.45, 2.75) is 39.2 Å². The zero-order valence-electron chi connectivity index (χ0n) is 15.3. The molecule has 0 aromatic carbocycles. The lowest BCUT2D eigenvalue weighted by Gasteiger charge is -2.34. The minimum absolute atomic E-state index is 0.251. The highest BCUT2D eigenvalue weighted by Gasteiger charge is 2.27. The minimum Gasteiger partial charge on any atom is -0.444 e. The van der Waals surface area contributed by atoms with Gasteiger partial charge in [0.25, 0.3) is 0 Å². The van der Waals surface area contributed by atoms with E-state index in [4.69, 9.17) is 16.3 Å². The highest BCUT2D eigenvalue weighted by molar-refractivity contribution is 6.30. The largest absolute Gasteiger partial charge is 0.444 e. The number of ether oxygens (including phenoxy) is 1. The lowest BCUT2D eigenvalue weighted by Crippen LogP contribution is -2.44.